The molecule has 0 aliphatic carbocycles. The average molecular weight is 292 g/mol. The topological polar surface area (TPSA) is 87.7 Å². The summed E-state index contributed by atoms with van der Waals surface area (Å²) in [7, 11) is 0. The maximum Gasteiger partial charge on any atom is 0.407 e. The Hall–Kier alpha value is -0.950. The summed E-state index contributed by atoms with van der Waals surface area (Å²) in [6, 6.07) is -0.576. The van der Waals surface area contributed by atoms with Gasteiger partial charge < -0.3 is 20.5 Å². The molecule has 6 nitrogen and oxygen atoms in total. The monoisotopic (exact) mass is 292 g/mol. The number of amides is 1. The van der Waals surface area contributed by atoms with E-state index in [0.29, 0.717) is 19.5 Å². The Morgan fingerprint density at radius 3 is 2.42 bits per heavy atom. The van der Waals surface area contributed by atoms with Crippen LogP contribution >= 0.6 is 11.8 Å². The summed E-state index contributed by atoms with van der Waals surface area (Å²) < 4.78 is 5.06. The van der Waals surface area contributed by atoms with Gasteiger partial charge in [-0.2, -0.15) is 11.8 Å². The maximum atomic E-state index is 11.3. The molecular formula is C12H24N2O4S. The first kappa shape index (κ1) is 18.0. The molecule has 0 bridgehead atoms. The number of carbonyl (C=O) groups excluding carboxylic acids is 1. The van der Waals surface area contributed by atoms with Gasteiger partial charge >= 0.3 is 12.1 Å². The lowest BCUT2D eigenvalue weighted by molar-refractivity contribution is -0.139. The molecule has 0 radical (unpaired) electrons. The number of rotatable bonds is 8. The van der Waals surface area contributed by atoms with E-state index < -0.39 is 23.7 Å². The van der Waals surface area contributed by atoms with Gasteiger partial charge in [0, 0.05) is 13.1 Å². The van der Waals surface area contributed by atoms with Crippen LogP contribution in [0, 0.1) is 0 Å². The summed E-state index contributed by atoms with van der Waals surface area (Å²) >= 11 is 1.60. The highest BCUT2D eigenvalue weighted by Crippen LogP contribution is 2.06. The van der Waals surface area contributed by atoms with Crippen LogP contribution in [0.15, 0.2) is 0 Å². The zero-order valence-corrected chi connectivity index (χ0v) is 12.8. The molecule has 112 valence electrons. The van der Waals surface area contributed by atoms with Gasteiger partial charge in [0.25, 0.3) is 0 Å². The van der Waals surface area contributed by atoms with Crippen LogP contribution in [0.1, 0.15) is 27.2 Å². The number of ether oxygens (including phenoxy) is 1. The van der Waals surface area contributed by atoms with E-state index in [9.17, 15) is 9.59 Å². The number of alkyl carbamates (subject to hydrolysis) is 1. The second kappa shape index (κ2) is 9.03. The second-order valence-corrected chi connectivity index (χ2v) is 6.04. The van der Waals surface area contributed by atoms with Gasteiger partial charge in [-0.25, -0.2) is 4.79 Å². The van der Waals surface area contributed by atoms with Gasteiger partial charge in [0.15, 0.2) is 0 Å². The van der Waals surface area contributed by atoms with Crippen LogP contribution in [-0.2, 0) is 9.53 Å². The van der Waals surface area contributed by atoms with E-state index in [1.54, 1.807) is 32.5 Å². The van der Waals surface area contributed by atoms with Crippen molar-refractivity contribution in [3.05, 3.63) is 0 Å². The number of aliphatic carboxylic acids is 1. The van der Waals surface area contributed by atoms with Crippen LogP contribution in [0.25, 0.3) is 0 Å². The molecule has 0 aromatic heterocycles. The maximum absolute atomic E-state index is 11.3. The zero-order chi connectivity index (χ0) is 14.9. The molecule has 3 N–H and O–H groups in total. The van der Waals surface area contributed by atoms with Crippen molar-refractivity contribution >= 4 is 23.8 Å². The van der Waals surface area contributed by atoms with E-state index in [2.05, 4.69) is 10.6 Å². The fourth-order valence-electron chi connectivity index (χ4n) is 1.27. The molecule has 0 aliphatic heterocycles. The minimum atomic E-state index is -0.869. The predicted molar refractivity (Wildman–Crippen MR) is 76.7 cm³/mol. The Morgan fingerprint density at radius 1 is 1.32 bits per heavy atom. The van der Waals surface area contributed by atoms with Crippen molar-refractivity contribution in [3.63, 3.8) is 0 Å². The van der Waals surface area contributed by atoms with E-state index in [-0.39, 0.29) is 0 Å². The van der Waals surface area contributed by atoms with E-state index in [0.717, 1.165) is 5.75 Å². The van der Waals surface area contributed by atoms with E-state index in [1.807, 2.05) is 6.26 Å². The lowest BCUT2D eigenvalue weighted by Gasteiger charge is -2.20. The van der Waals surface area contributed by atoms with Crippen molar-refractivity contribution in [1.29, 1.82) is 0 Å². The van der Waals surface area contributed by atoms with Crippen LogP contribution < -0.4 is 10.6 Å². The summed E-state index contributed by atoms with van der Waals surface area (Å²) in [4.78, 5) is 22.3. The Kier molecular flexibility index (Phi) is 8.58. The molecule has 1 amide bonds. The summed E-state index contributed by atoms with van der Waals surface area (Å²) in [6.07, 6.45) is 2.00. The number of hydrogen-bond acceptors (Lipinski definition) is 5. The first-order valence-electron chi connectivity index (χ1n) is 6.18. The van der Waals surface area contributed by atoms with Crippen molar-refractivity contribution in [1.82, 2.24) is 10.6 Å². The van der Waals surface area contributed by atoms with Gasteiger partial charge in [0.2, 0.25) is 0 Å². The Labute approximate surface area is 118 Å². The van der Waals surface area contributed by atoms with Crippen LogP contribution in [0.4, 0.5) is 4.79 Å². The van der Waals surface area contributed by atoms with Crippen LogP contribution in [-0.4, -0.2) is 53.9 Å². The number of thioether (sulfide) groups is 1. The molecule has 0 rings (SSSR count). The highest BCUT2D eigenvalue weighted by molar-refractivity contribution is 7.98. The number of hydrogen-bond donors (Lipinski definition) is 3. The molecule has 7 heteroatoms. The minimum Gasteiger partial charge on any atom is -0.480 e. The van der Waals surface area contributed by atoms with Gasteiger partial charge in [-0.1, -0.05) is 0 Å². The molecule has 19 heavy (non-hydrogen) atoms. The van der Waals surface area contributed by atoms with Crippen LogP contribution in [0.2, 0.25) is 0 Å². The number of carboxylic acid groups (broad SMARTS) is 1. The summed E-state index contributed by atoms with van der Waals surface area (Å²) in [5.74, 6) is -0.0879. The quantitative estimate of drug-likeness (QED) is 0.585. The van der Waals surface area contributed by atoms with Crippen molar-refractivity contribution in [3.8, 4) is 0 Å². The van der Waals surface area contributed by atoms with Crippen LogP contribution in [0.3, 0.4) is 0 Å². The molecule has 0 saturated heterocycles. The van der Waals surface area contributed by atoms with Crippen LogP contribution in [0.5, 0.6) is 0 Å². The first-order chi connectivity index (χ1) is 8.76. The normalized spacial score (nSPS) is 12.8. The van der Waals surface area contributed by atoms with E-state index in [1.165, 1.54) is 0 Å². The van der Waals surface area contributed by atoms with Gasteiger partial charge in [-0.05, 0) is 39.2 Å². The lowest BCUT2D eigenvalue weighted by Crippen LogP contribution is -2.42. The summed E-state index contributed by atoms with van der Waals surface area (Å²) in [5.41, 5.74) is -0.528. The summed E-state index contributed by atoms with van der Waals surface area (Å²) in [5, 5.41) is 14.4. The highest BCUT2D eigenvalue weighted by atomic mass is 32.2. The van der Waals surface area contributed by atoms with Crippen molar-refractivity contribution in [2.24, 2.45) is 0 Å². The molecule has 0 aliphatic rings. The third kappa shape index (κ3) is 10.6. The fraction of sp³-hybridized carbons (Fsp3) is 0.833. The van der Waals surface area contributed by atoms with Gasteiger partial charge in [0.1, 0.15) is 11.6 Å². The molecule has 0 aromatic rings. The number of carbonyl (C=O) groups is 2. The molecule has 0 saturated carbocycles. The molecule has 0 aromatic carbocycles. The predicted octanol–water partition coefficient (Wildman–Crippen LogP) is 1.31. The Morgan fingerprint density at radius 2 is 1.95 bits per heavy atom. The zero-order valence-electron chi connectivity index (χ0n) is 12.0. The Bertz CT molecular complexity index is 292. The van der Waals surface area contributed by atoms with E-state index >= 15 is 0 Å². The molecular weight excluding hydrogens is 268 g/mol. The van der Waals surface area contributed by atoms with Gasteiger partial charge in [-0.15, -0.1) is 0 Å². The number of nitrogens with one attached hydrogen (secondary N) is 2. The average Bonchev–Trinajstić information content (AvgIpc) is 2.25. The van der Waals surface area contributed by atoms with Crippen molar-refractivity contribution in [2.75, 3.05) is 25.1 Å². The summed E-state index contributed by atoms with van der Waals surface area (Å²) in [6.45, 7) is 6.08. The molecule has 0 unspecified atom stereocenters. The third-order valence-corrected chi connectivity index (χ3v) is 2.74. The second-order valence-electron chi connectivity index (χ2n) is 5.06. The molecule has 0 heterocycles. The van der Waals surface area contributed by atoms with Crippen molar-refractivity contribution < 1.29 is 19.4 Å². The standard InChI is InChI=1S/C12H24N2O4S/c1-12(2,3)18-11(17)14-7-6-13-9(10(15)16)5-8-19-4/h9,13H,5-8H2,1-4H3,(H,14,17)(H,15,16)/t9-/m0/s1. The number of carboxylic acids is 1. The minimum absolute atomic E-state index is 0.331. The molecule has 0 fully saturated rings. The SMILES string of the molecule is CSCC[C@H](NCCNC(=O)OC(C)(C)C)C(=O)O. The fourth-order valence-corrected chi connectivity index (χ4v) is 1.75. The van der Waals surface area contributed by atoms with Gasteiger partial charge in [0.05, 0.1) is 0 Å². The highest BCUT2D eigenvalue weighted by Gasteiger charge is 2.17. The first-order valence-corrected chi connectivity index (χ1v) is 7.57. The van der Waals surface area contributed by atoms with E-state index in [4.69, 9.17) is 9.84 Å². The molecule has 1 atom stereocenters. The molecule has 0 spiro atoms. The lowest BCUT2D eigenvalue weighted by atomic mass is 10.2. The smallest absolute Gasteiger partial charge is 0.407 e. The Balaban J connectivity index is 3.82. The third-order valence-electron chi connectivity index (χ3n) is 2.09. The van der Waals surface area contributed by atoms with Crippen molar-refractivity contribution in [2.45, 2.75) is 38.8 Å². The van der Waals surface area contributed by atoms with Gasteiger partial charge in [-0.3, -0.25) is 4.79 Å². The largest absolute Gasteiger partial charge is 0.480 e.